The van der Waals surface area contributed by atoms with Gasteiger partial charge in [0.15, 0.2) is 0 Å². The summed E-state index contributed by atoms with van der Waals surface area (Å²) in [5, 5.41) is 26.4. The van der Waals surface area contributed by atoms with E-state index in [2.05, 4.69) is 15.5 Å². The number of aromatic hydroxyl groups is 1. The first-order valence-corrected chi connectivity index (χ1v) is 11.2. The maximum absolute atomic E-state index is 12.2. The summed E-state index contributed by atoms with van der Waals surface area (Å²) in [7, 11) is 0. The van der Waals surface area contributed by atoms with Crippen LogP contribution in [0.5, 0.6) is 5.75 Å². The van der Waals surface area contributed by atoms with Crippen LogP contribution in [0.25, 0.3) is 0 Å². The van der Waals surface area contributed by atoms with Crippen molar-refractivity contribution in [2.45, 2.75) is 50.3 Å². The number of aliphatic hydroxyl groups is 1. The van der Waals surface area contributed by atoms with E-state index in [0.29, 0.717) is 24.4 Å². The lowest BCUT2D eigenvalue weighted by atomic mass is 9.76. The van der Waals surface area contributed by atoms with Gasteiger partial charge in [0.1, 0.15) is 5.75 Å². The lowest BCUT2D eigenvalue weighted by Crippen LogP contribution is -2.63. The Morgan fingerprint density at radius 3 is 2.50 bits per heavy atom. The molecule has 2 aromatic carbocycles. The summed E-state index contributed by atoms with van der Waals surface area (Å²) in [6, 6.07) is 14.6. The smallest absolute Gasteiger partial charge is 0.251 e. The van der Waals surface area contributed by atoms with Crippen molar-refractivity contribution >= 4 is 11.8 Å². The predicted molar refractivity (Wildman–Crippen MR) is 121 cm³/mol. The summed E-state index contributed by atoms with van der Waals surface area (Å²) in [5.74, 6) is -0.257. The lowest BCUT2D eigenvalue weighted by molar-refractivity contribution is -0.122. The number of benzene rings is 2. The molecule has 0 radical (unpaired) electrons. The molecule has 7 heteroatoms. The van der Waals surface area contributed by atoms with Crippen LogP contribution in [0.15, 0.2) is 48.5 Å². The first-order valence-electron chi connectivity index (χ1n) is 11.2. The van der Waals surface area contributed by atoms with Crippen LogP contribution in [0.3, 0.4) is 0 Å². The summed E-state index contributed by atoms with van der Waals surface area (Å²) >= 11 is 0. The number of nitrogens with one attached hydrogen (secondary N) is 2. The molecule has 1 saturated heterocycles. The molecule has 170 valence electrons. The van der Waals surface area contributed by atoms with Crippen molar-refractivity contribution in [1.29, 1.82) is 0 Å². The number of carbonyl (C=O) groups excluding carboxylic acids is 2. The van der Waals surface area contributed by atoms with Crippen molar-refractivity contribution in [3.8, 4) is 5.75 Å². The molecule has 0 atom stereocenters. The SMILES string of the molecule is Cc1cccc(C(=O)NCC(=O)NC2CN(C3CCC(O)(c4cccc(O)c4)CC3)C2)c1. The van der Waals surface area contributed by atoms with Gasteiger partial charge < -0.3 is 20.8 Å². The highest BCUT2D eigenvalue weighted by atomic mass is 16.3. The topological polar surface area (TPSA) is 102 Å². The van der Waals surface area contributed by atoms with Crippen LogP contribution in [-0.2, 0) is 10.4 Å². The summed E-state index contributed by atoms with van der Waals surface area (Å²) in [5.41, 5.74) is 1.44. The van der Waals surface area contributed by atoms with Gasteiger partial charge in [0.25, 0.3) is 5.91 Å². The van der Waals surface area contributed by atoms with Gasteiger partial charge in [-0.15, -0.1) is 0 Å². The van der Waals surface area contributed by atoms with Gasteiger partial charge in [-0.05, 0) is 62.4 Å². The third kappa shape index (κ3) is 5.11. The Bertz CT molecular complexity index is 979. The molecule has 1 heterocycles. The number of aryl methyl sites for hydroxylation is 1. The number of amides is 2. The number of likely N-dealkylation sites (tertiary alicyclic amines) is 1. The van der Waals surface area contributed by atoms with Crippen LogP contribution in [0.1, 0.15) is 47.2 Å². The number of hydrogen-bond acceptors (Lipinski definition) is 5. The van der Waals surface area contributed by atoms with Crippen LogP contribution in [-0.4, -0.2) is 58.6 Å². The van der Waals surface area contributed by atoms with Crippen molar-refractivity contribution in [3.05, 3.63) is 65.2 Å². The van der Waals surface area contributed by atoms with E-state index in [1.807, 2.05) is 25.1 Å². The molecule has 32 heavy (non-hydrogen) atoms. The summed E-state index contributed by atoms with van der Waals surface area (Å²) in [6.07, 6.45) is 3.05. The first kappa shape index (κ1) is 22.3. The third-order valence-corrected chi connectivity index (χ3v) is 6.65. The largest absolute Gasteiger partial charge is 0.508 e. The average Bonchev–Trinajstić information content (AvgIpc) is 2.75. The summed E-state index contributed by atoms with van der Waals surface area (Å²) in [4.78, 5) is 26.7. The van der Waals surface area contributed by atoms with E-state index in [0.717, 1.165) is 37.1 Å². The molecule has 0 aromatic heterocycles. The third-order valence-electron chi connectivity index (χ3n) is 6.65. The zero-order valence-electron chi connectivity index (χ0n) is 18.4. The number of phenols is 1. The predicted octanol–water partition coefficient (Wildman–Crippen LogP) is 2.06. The molecule has 2 fully saturated rings. The highest BCUT2D eigenvalue weighted by molar-refractivity contribution is 5.96. The average molecular weight is 438 g/mol. The van der Waals surface area contributed by atoms with Crippen molar-refractivity contribution in [1.82, 2.24) is 15.5 Å². The monoisotopic (exact) mass is 437 g/mol. The molecule has 4 rings (SSSR count). The van der Waals surface area contributed by atoms with E-state index >= 15 is 0 Å². The zero-order chi connectivity index (χ0) is 22.7. The number of rotatable bonds is 6. The Morgan fingerprint density at radius 2 is 1.81 bits per heavy atom. The van der Waals surface area contributed by atoms with E-state index in [9.17, 15) is 19.8 Å². The fourth-order valence-corrected chi connectivity index (χ4v) is 4.76. The molecule has 2 amide bonds. The molecule has 0 bridgehead atoms. The van der Waals surface area contributed by atoms with Crippen molar-refractivity contribution < 1.29 is 19.8 Å². The highest BCUT2D eigenvalue weighted by Crippen LogP contribution is 2.40. The van der Waals surface area contributed by atoms with Crippen LogP contribution in [0, 0.1) is 6.92 Å². The van der Waals surface area contributed by atoms with E-state index in [-0.39, 0.29) is 30.2 Å². The second-order valence-corrected chi connectivity index (χ2v) is 9.08. The number of phenolic OH excluding ortho intramolecular Hbond substituents is 1. The second-order valence-electron chi connectivity index (χ2n) is 9.08. The fraction of sp³-hybridized carbons (Fsp3) is 0.440. The number of nitrogens with zero attached hydrogens (tertiary/aromatic N) is 1. The van der Waals surface area contributed by atoms with Crippen molar-refractivity contribution in [3.63, 3.8) is 0 Å². The van der Waals surface area contributed by atoms with Gasteiger partial charge >= 0.3 is 0 Å². The Morgan fingerprint density at radius 1 is 1.09 bits per heavy atom. The fourth-order valence-electron chi connectivity index (χ4n) is 4.76. The molecule has 1 saturated carbocycles. The molecular weight excluding hydrogens is 406 g/mol. The molecule has 0 spiro atoms. The second kappa shape index (κ2) is 9.30. The first-order chi connectivity index (χ1) is 15.3. The van der Waals surface area contributed by atoms with Crippen LogP contribution in [0.2, 0.25) is 0 Å². The molecule has 7 nitrogen and oxygen atoms in total. The lowest BCUT2D eigenvalue weighted by Gasteiger charge is -2.48. The minimum atomic E-state index is -0.886. The van der Waals surface area contributed by atoms with E-state index in [4.69, 9.17) is 0 Å². The van der Waals surface area contributed by atoms with Gasteiger partial charge in [-0.3, -0.25) is 14.5 Å². The van der Waals surface area contributed by atoms with E-state index < -0.39 is 5.60 Å². The molecular formula is C25H31N3O4. The van der Waals surface area contributed by atoms with Crippen LogP contribution in [0.4, 0.5) is 0 Å². The van der Waals surface area contributed by atoms with Crippen LogP contribution < -0.4 is 10.6 Å². The molecule has 0 unspecified atom stereocenters. The summed E-state index contributed by atoms with van der Waals surface area (Å²) < 4.78 is 0. The maximum Gasteiger partial charge on any atom is 0.251 e. The minimum absolute atomic E-state index is 0.0380. The Kier molecular flexibility index (Phi) is 6.48. The van der Waals surface area contributed by atoms with Gasteiger partial charge in [-0.2, -0.15) is 0 Å². The molecule has 2 aromatic rings. The van der Waals surface area contributed by atoms with Gasteiger partial charge in [0.2, 0.25) is 5.91 Å². The zero-order valence-corrected chi connectivity index (χ0v) is 18.4. The standard InChI is InChI=1S/C25H31N3O4/c1-17-4-2-5-18(12-17)24(31)26-14-23(30)27-20-15-28(16-20)21-8-10-25(32,11-9-21)19-6-3-7-22(29)13-19/h2-7,12-13,20-21,29,32H,8-11,14-16H2,1H3,(H,26,31)(H,27,30). The Hall–Kier alpha value is -2.90. The highest BCUT2D eigenvalue weighted by Gasteiger charge is 2.40. The van der Waals surface area contributed by atoms with E-state index in [1.54, 1.807) is 30.3 Å². The maximum atomic E-state index is 12.2. The van der Waals surface area contributed by atoms with Gasteiger partial charge in [0, 0.05) is 24.7 Å². The van der Waals surface area contributed by atoms with E-state index in [1.165, 1.54) is 0 Å². The minimum Gasteiger partial charge on any atom is -0.508 e. The number of hydrogen-bond donors (Lipinski definition) is 4. The van der Waals surface area contributed by atoms with Gasteiger partial charge in [-0.1, -0.05) is 29.8 Å². The molecule has 4 N–H and O–H groups in total. The molecule has 1 aliphatic heterocycles. The van der Waals surface area contributed by atoms with Crippen molar-refractivity contribution in [2.75, 3.05) is 19.6 Å². The Labute approximate surface area is 188 Å². The molecule has 1 aliphatic carbocycles. The van der Waals surface area contributed by atoms with Crippen molar-refractivity contribution in [2.24, 2.45) is 0 Å². The van der Waals surface area contributed by atoms with Gasteiger partial charge in [-0.25, -0.2) is 0 Å². The normalized spacial score (nSPS) is 23.9. The molecule has 2 aliphatic rings. The summed E-state index contributed by atoms with van der Waals surface area (Å²) in [6.45, 7) is 3.45. The number of carbonyl (C=O) groups is 2. The van der Waals surface area contributed by atoms with Gasteiger partial charge in [0.05, 0.1) is 18.2 Å². The Balaban J connectivity index is 1.17. The van der Waals surface area contributed by atoms with Crippen LogP contribution >= 0.6 is 0 Å². The quantitative estimate of drug-likeness (QED) is 0.554.